The molecule has 1 radical (unpaired) electrons. The van der Waals surface area contributed by atoms with E-state index in [1.165, 1.54) is 6.07 Å². The maximum absolute atomic E-state index is 13.7. The molecule has 0 saturated carbocycles. The molecule has 3 atom stereocenters. The third-order valence-corrected chi connectivity index (χ3v) is 9.71. The molecule has 1 aromatic heterocycles. The molecule has 3 aromatic rings. The van der Waals surface area contributed by atoms with Crippen LogP contribution >= 0.6 is 0 Å². The lowest BCUT2D eigenvalue weighted by Crippen LogP contribution is -2.48. The molecule has 2 aliphatic rings. The van der Waals surface area contributed by atoms with Crippen LogP contribution in [0.4, 0.5) is 13.2 Å². The average molecular weight is 684 g/mol. The molecule has 2 aromatic carbocycles. The molecule has 2 heterocycles. The van der Waals surface area contributed by atoms with Crippen LogP contribution in [0, 0.1) is 5.41 Å². The molecule has 1 aliphatic carbocycles. The Hall–Kier alpha value is -2.91. The number of alkyl halides is 3. The summed E-state index contributed by atoms with van der Waals surface area (Å²) in [4.78, 5) is 13.7. The van der Waals surface area contributed by atoms with Gasteiger partial charge in [0.1, 0.15) is 41.7 Å². The van der Waals surface area contributed by atoms with Crippen LogP contribution in [0.1, 0.15) is 75.7 Å². The molecule has 1 fully saturated rings. The molecular formula is C32H38F3O9SSi. The number of ketones is 1. The SMILES string of the molecule is C[Si](C)OC([C@@H]1OC(C)(C)O[C@@H]1COc1ccc2c(c1)C(C)(C)c1oc3cc(OS(=O)(=O)C(F)(F)F)ccc3c1C2=O)C(C)(C)C. The number of fused-ring (bicyclic) bond motifs is 4. The Bertz CT molecular complexity index is 1770. The second-order valence-electron chi connectivity index (χ2n) is 13.9. The van der Waals surface area contributed by atoms with Crippen molar-refractivity contribution >= 4 is 35.9 Å². The fraction of sp³-hybridized carbons (Fsp3) is 0.531. The molecule has 46 heavy (non-hydrogen) atoms. The number of hydrogen-bond donors (Lipinski definition) is 0. The quantitative estimate of drug-likeness (QED) is 0.139. The van der Waals surface area contributed by atoms with Crippen LogP contribution in [0.5, 0.6) is 11.5 Å². The number of hydrogen-bond acceptors (Lipinski definition) is 9. The van der Waals surface area contributed by atoms with E-state index in [1.54, 1.807) is 18.2 Å². The van der Waals surface area contributed by atoms with Crippen LogP contribution in [0.15, 0.2) is 40.8 Å². The van der Waals surface area contributed by atoms with Crippen LogP contribution in [0.25, 0.3) is 11.0 Å². The lowest BCUT2D eigenvalue weighted by molar-refractivity contribution is -0.160. The highest BCUT2D eigenvalue weighted by Gasteiger charge is 2.50. The smallest absolute Gasteiger partial charge is 0.491 e. The van der Waals surface area contributed by atoms with Gasteiger partial charge in [0.05, 0.1) is 11.7 Å². The van der Waals surface area contributed by atoms with Gasteiger partial charge in [0.25, 0.3) is 0 Å². The van der Waals surface area contributed by atoms with Crippen LogP contribution in [-0.4, -0.2) is 59.5 Å². The molecule has 1 unspecified atom stereocenters. The van der Waals surface area contributed by atoms with Crippen molar-refractivity contribution < 1.29 is 53.6 Å². The molecule has 0 bridgehead atoms. The summed E-state index contributed by atoms with van der Waals surface area (Å²) in [5, 5.41) is 0.321. The molecule has 0 spiro atoms. The summed E-state index contributed by atoms with van der Waals surface area (Å²) in [6.45, 7) is 18.0. The van der Waals surface area contributed by atoms with E-state index in [4.69, 9.17) is 23.1 Å². The topological polar surface area (TPSA) is 110 Å². The van der Waals surface area contributed by atoms with Gasteiger partial charge in [-0.05, 0) is 82.1 Å². The van der Waals surface area contributed by atoms with E-state index in [1.807, 2.05) is 27.7 Å². The van der Waals surface area contributed by atoms with E-state index in [0.29, 0.717) is 22.3 Å². The van der Waals surface area contributed by atoms with Gasteiger partial charge in [-0.15, -0.1) is 0 Å². The van der Waals surface area contributed by atoms with Gasteiger partial charge in [0, 0.05) is 22.4 Å². The van der Waals surface area contributed by atoms with Gasteiger partial charge in [-0.3, -0.25) is 4.79 Å². The highest BCUT2D eigenvalue weighted by atomic mass is 32.2. The molecule has 0 amide bonds. The third kappa shape index (κ3) is 6.34. The largest absolute Gasteiger partial charge is 0.534 e. The van der Waals surface area contributed by atoms with Gasteiger partial charge in [-0.1, -0.05) is 20.8 Å². The summed E-state index contributed by atoms with van der Waals surface area (Å²) >= 11 is 0. The van der Waals surface area contributed by atoms with E-state index in [0.717, 1.165) is 12.1 Å². The summed E-state index contributed by atoms with van der Waals surface area (Å²) in [6.07, 6.45) is -1.06. The molecule has 251 valence electrons. The monoisotopic (exact) mass is 683 g/mol. The minimum absolute atomic E-state index is 0.0110. The minimum atomic E-state index is -5.89. The van der Waals surface area contributed by atoms with Crippen LogP contribution in [-0.2, 0) is 29.4 Å². The molecule has 1 saturated heterocycles. The lowest BCUT2D eigenvalue weighted by Gasteiger charge is -2.37. The van der Waals surface area contributed by atoms with Crippen molar-refractivity contribution in [1.29, 1.82) is 0 Å². The summed E-state index contributed by atoms with van der Waals surface area (Å²) < 4.78 is 97.2. The van der Waals surface area contributed by atoms with Crippen molar-refractivity contribution in [2.24, 2.45) is 5.41 Å². The Labute approximate surface area is 268 Å². The van der Waals surface area contributed by atoms with Crippen molar-refractivity contribution in [2.75, 3.05) is 6.61 Å². The Balaban J connectivity index is 1.43. The Morgan fingerprint density at radius 3 is 2.24 bits per heavy atom. The number of ether oxygens (including phenoxy) is 3. The van der Waals surface area contributed by atoms with E-state index in [-0.39, 0.29) is 46.9 Å². The first kappa shape index (κ1) is 34.4. The van der Waals surface area contributed by atoms with E-state index >= 15 is 0 Å². The standard InChI is InChI=1S/C32H38F3O9SSi/c1-29(2,3)28(44-46(8)9)26-23(41-31(6,7)42-26)16-39-17-10-12-19-21(14-17)30(4,5)27-24(25(19)36)20-13-11-18(15-22(20)40-27)43-45(37,38)32(33,34)35/h10-15,23,26,28H,16H2,1-9H3/t23-,26-,28?/m1/s1. The first-order valence-electron chi connectivity index (χ1n) is 14.7. The van der Waals surface area contributed by atoms with E-state index in [2.05, 4.69) is 38.0 Å². The maximum Gasteiger partial charge on any atom is 0.534 e. The first-order chi connectivity index (χ1) is 21.0. The van der Waals surface area contributed by atoms with Crippen molar-refractivity contribution in [1.82, 2.24) is 0 Å². The molecule has 1 aliphatic heterocycles. The van der Waals surface area contributed by atoms with Crippen LogP contribution in [0.2, 0.25) is 13.1 Å². The average Bonchev–Trinajstić information content (AvgIpc) is 3.44. The van der Waals surface area contributed by atoms with Gasteiger partial charge in [0.2, 0.25) is 9.04 Å². The number of rotatable bonds is 8. The molecule has 9 nitrogen and oxygen atoms in total. The van der Waals surface area contributed by atoms with Gasteiger partial charge in [0.15, 0.2) is 11.6 Å². The van der Waals surface area contributed by atoms with Crippen molar-refractivity contribution in [3.8, 4) is 11.5 Å². The minimum Gasteiger partial charge on any atom is -0.491 e. The zero-order valence-electron chi connectivity index (χ0n) is 27.1. The maximum atomic E-state index is 13.7. The number of furan rings is 1. The zero-order valence-corrected chi connectivity index (χ0v) is 28.9. The van der Waals surface area contributed by atoms with E-state index < -0.39 is 47.7 Å². The van der Waals surface area contributed by atoms with Gasteiger partial charge >= 0.3 is 15.6 Å². The number of carbonyl (C=O) groups is 1. The highest BCUT2D eigenvalue weighted by Crippen LogP contribution is 2.47. The van der Waals surface area contributed by atoms with Gasteiger partial charge in [-0.2, -0.15) is 21.6 Å². The summed E-state index contributed by atoms with van der Waals surface area (Å²) in [6, 6.07) is 8.52. The zero-order chi connectivity index (χ0) is 34.2. The Kier molecular flexibility index (Phi) is 8.50. The fourth-order valence-corrected chi connectivity index (χ4v) is 7.42. The van der Waals surface area contributed by atoms with E-state index in [9.17, 15) is 26.4 Å². The highest BCUT2D eigenvalue weighted by molar-refractivity contribution is 7.88. The third-order valence-electron chi connectivity index (χ3n) is 8.01. The van der Waals surface area contributed by atoms with Crippen LogP contribution < -0.4 is 8.92 Å². The van der Waals surface area contributed by atoms with Crippen LogP contribution in [0.3, 0.4) is 0 Å². The summed E-state index contributed by atoms with van der Waals surface area (Å²) in [7, 11) is -6.94. The molecule has 14 heteroatoms. The fourth-order valence-electron chi connectivity index (χ4n) is 5.97. The first-order valence-corrected chi connectivity index (χ1v) is 18.6. The molecular weight excluding hydrogens is 645 g/mol. The lowest BCUT2D eigenvalue weighted by atomic mass is 9.71. The predicted octanol–water partition coefficient (Wildman–Crippen LogP) is 7.11. The Morgan fingerprint density at radius 2 is 1.63 bits per heavy atom. The van der Waals surface area contributed by atoms with Crippen molar-refractivity contribution in [3.63, 3.8) is 0 Å². The second kappa shape index (κ2) is 11.4. The Morgan fingerprint density at radius 1 is 0.978 bits per heavy atom. The predicted molar refractivity (Wildman–Crippen MR) is 165 cm³/mol. The number of halogens is 3. The number of carbonyl (C=O) groups excluding carboxylic acids is 1. The normalized spacial score (nSPS) is 21.7. The van der Waals surface area contributed by atoms with Gasteiger partial charge in [-0.25, -0.2) is 0 Å². The summed E-state index contributed by atoms with van der Waals surface area (Å²) in [5.41, 5.74) is -5.42. The number of benzene rings is 2. The van der Waals surface area contributed by atoms with Gasteiger partial charge < -0.3 is 27.2 Å². The molecule has 5 rings (SSSR count). The van der Waals surface area contributed by atoms with Crippen molar-refractivity contribution in [3.05, 3.63) is 58.8 Å². The second-order valence-corrected chi connectivity index (χ2v) is 17.5. The van der Waals surface area contributed by atoms with Crippen molar-refractivity contribution in [2.45, 2.75) is 96.6 Å². The molecule has 0 N–H and O–H groups in total. The summed E-state index contributed by atoms with van der Waals surface area (Å²) in [5.74, 6) is -1.01.